The van der Waals surface area contributed by atoms with E-state index in [0.717, 1.165) is 6.42 Å². The number of hydrogen-bond donors (Lipinski definition) is 0. The minimum atomic E-state index is 0. The summed E-state index contributed by atoms with van der Waals surface area (Å²) in [6, 6.07) is 23.7. The second-order valence-corrected chi connectivity index (χ2v) is 4.15. The maximum Gasteiger partial charge on any atom is 4.00 e. The van der Waals surface area contributed by atoms with E-state index in [1.165, 1.54) is 21.9 Å². The summed E-state index contributed by atoms with van der Waals surface area (Å²) in [6.07, 6.45) is 1.02. The molecule has 0 fully saturated rings. The first-order chi connectivity index (χ1) is 7.92. The summed E-state index contributed by atoms with van der Waals surface area (Å²) in [4.78, 5) is 0. The molecule has 3 aromatic carbocycles. The van der Waals surface area contributed by atoms with E-state index >= 15 is 0 Å². The number of hydrogen-bond acceptors (Lipinski definition) is 0. The van der Waals surface area contributed by atoms with Gasteiger partial charge in [0, 0.05) is 0 Å². The Morgan fingerprint density at radius 2 is 1.35 bits per heavy atom. The normalized spacial score (nSPS) is 8.60. The summed E-state index contributed by atoms with van der Waals surface area (Å²) in [5.41, 5.74) is 2.77. The first kappa shape index (κ1) is 22.7. The Hall–Kier alpha value is 0.373. The van der Waals surface area contributed by atoms with Crippen molar-refractivity contribution in [3.63, 3.8) is 0 Å². The van der Waals surface area contributed by atoms with Crippen LogP contribution in [-0.4, -0.2) is 0 Å². The summed E-state index contributed by atoms with van der Waals surface area (Å²) >= 11 is 0. The van der Waals surface area contributed by atoms with Crippen molar-refractivity contribution in [2.45, 2.75) is 6.42 Å². The van der Waals surface area contributed by atoms with Gasteiger partial charge in [0.1, 0.15) is 0 Å². The van der Waals surface area contributed by atoms with Crippen molar-refractivity contribution in [2.24, 2.45) is 0 Å². The number of halogens is 3. The molecule has 0 nitrogen and oxygen atoms in total. The van der Waals surface area contributed by atoms with Crippen molar-refractivity contribution in [3.8, 4) is 0 Å². The first-order valence-corrected chi connectivity index (χ1v) is 5.60. The third-order valence-electron chi connectivity index (χ3n) is 2.93. The zero-order valence-corrected chi connectivity index (χ0v) is 17.9. The molecule has 102 valence electrons. The Morgan fingerprint density at radius 3 is 2.00 bits per heavy atom. The Labute approximate surface area is 170 Å². The second kappa shape index (κ2) is 11.0. The predicted octanol–water partition coefficient (Wildman–Crippen LogP) is -4.84. The molecule has 3 aromatic rings. The molecule has 20 heavy (non-hydrogen) atoms. The molecular formula is C16H13Br3Zr. The molecule has 0 radical (unpaired) electrons. The summed E-state index contributed by atoms with van der Waals surface area (Å²) in [6.45, 7) is 0. The van der Waals surface area contributed by atoms with Gasteiger partial charge in [-0.05, 0) is 12.0 Å². The molecule has 0 spiro atoms. The molecule has 4 heteroatoms. The molecule has 0 bridgehead atoms. The molecule has 0 aromatic heterocycles. The van der Waals surface area contributed by atoms with Crippen LogP contribution in [0.3, 0.4) is 0 Å². The van der Waals surface area contributed by atoms with Crippen LogP contribution >= 0.6 is 0 Å². The Balaban J connectivity index is 0. The van der Waals surface area contributed by atoms with Crippen LogP contribution in [0.25, 0.3) is 10.8 Å². The van der Waals surface area contributed by atoms with Crippen molar-refractivity contribution in [1.82, 2.24) is 0 Å². The van der Waals surface area contributed by atoms with E-state index in [2.05, 4.69) is 66.7 Å². The summed E-state index contributed by atoms with van der Waals surface area (Å²) in [5.74, 6) is 0. The molecule has 0 saturated heterocycles. The Morgan fingerprint density at radius 1 is 0.750 bits per heavy atom. The van der Waals surface area contributed by atoms with E-state index in [1.54, 1.807) is 0 Å². The number of fused-ring (bicyclic) bond motifs is 1. The fourth-order valence-corrected chi connectivity index (χ4v) is 2.15. The van der Waals surface area contributed by atoms with Crippen LogP contribution in [0.1, 0.15) is 11.1 Å². The molecular weight excluding hydrogens is 523 g/mol. The van der Waals surface area contributed by atoms with Crippen LogP contribution in [0.5, 0.6) is 0 Å². The van der Waals surface area contributed by atoms with Crippen molar-refractivity contribution in [3.05, 3.63) is 77.9 Å². The average Bonchev–Trinajstić information content (AvgIpc) is 2.72. The standard InChI is InChI=1S/C16H13.3BrH.Zr/c1-2-6-13(7-3-1)10-14-11-15-8-4-5-9-16(15)12-14;;;;/h1-9,11-12H,10H2;3*1H;/q-1;;;;+4/p-3. The fraction of sp³-hybridized carbons (Fsp3) is 0.0625. The molecule has 0 heterocycles. The SMILES string of the molecule is [Br-].[Br-].[Br-].[Zr+4].c1ccc(Cc2cc3ccccc3[cH-]2)cc1. The topological polar surface area (TPSA) is 0 Å². The van der Waals surface area contributed by atoms with Gasteiger partial charge in [0.05, 0.1) is 0 Å². The molecule has 0 aliphatic rings. The van der Waals surface area contributed by atoms with E-state index in [9.17, 15) is 0 Å². The van der Waals surface area contributed by atoms with Crippen LogP contribution in [0.2, 0.25) is 0 Å². The smallest absolute Gasteiger partial charge is 1.00 e. The van der Waals surface area contributed by atoms with Crippen LogP contribution in [0.4, 0.5) is 0 Å². The minimum absolute atomic E-state index is 0. The molecule has 0 N–H and O–H groups in total. The first-order valence-electron chi connectivity index (χ1n) is 5.60. The average molecular weight is 536 g/mol. The van der Waals surface area contributed by atoms with Gasteiger partial charge in [0.25, 0.3) is 0 Å². The second-order valence-electron chi connectivity index (χ2n) is 4.15. The van der Waals surface area contributed by atoms with Gasteiger partial charge >= 0.3 is 26.2 Å². The predicted molar refractivity (Wildman–Crippen MR) is 68.8 cm³/mol. The Kier molecular flexibility index (Phi) is 12.5. The van der Waals surface area contributed by atoms with Gasteiger partial charge in [-0.3, -0.25) is 0 Å². The minimum Gasteiger partial charge on any atom is -1.00 e. The van der Waals surface area contributed by atoms with Crippen molar-refractivity contribution >= 4 is 10.8 Å². The molecule has 0 saturated carbocycles. The number of rotatable bonds is 2. The zero-order valence-electron chi connectivity index (χ0n) is 10.7. The van der Waals surface area contributed by atoms with Gasteiger partial charge in [-0.1, -0.05) is 36.4 Å². The van der Waals surface area contributed by atoms with E-state index in [0.29, 0.717) is 0 Å². The van der Waals surface area contributed by atoms with Gasteiger partial charge in [0.2, 0.25) is 0 Å². The van der Waals surface area contributed by atoms with Crippen molar-refractivity contribution in [2.75, 3.05) is 0 Å². The monoisotopic (exact) mass is 532 g/mol. The van der Waals surface area contributed by atoms with E-state index in [-0.39, 0.29) is 77.1 Å². The maximum absolute atomic E-state index is 2.28. The van der Waals surface area contributed by atoms with Gasteiger partial charge in [-0.2, -0.15) is 6.07 Å². The molecule has 0 aliphatic heterocycles. The summed E-state index contributed by atoms with van der Waals surface area (Å²) in [7, 11) is 0. The van der Waals surface area contributed by atoms with Crippen LogP contribution < -0.4 is 50.9 Å². The molecule has 0 amide bonds. The van der Waals surface area contributed by atoms with Gasteiger partial charge in [-0.25, -0.2) is 0 Å². The van der Waals surface area contributed by atoms with Crippen LogP contribution in [0, 0.1) is 0 Å². The molecule has 0 unspecified atom stereocenters. The Bertz CT molecular complexity index is 572. The van der Waals surface area contributed by atoms with Gasteiger partial charge in [0.15, 0.2) is 0 Å². The molecule has 3 rings (SSSR count). The van der Waals surface area contributed by atoms with E-state index < -0.39 is 0 Å². The fourth-order valence-electron chi connectivity index (χ4n) is 2.15. The zero-order chi connectivity index (χ0) is 10.8. The van der Waals surface area contributed by atoms with E-state index in [1.807, 2.05) is 0 Å². The summed E-state index contributed by atoms with van der Waals surface area (Å²) in [5, 5.41) is 2.68. The van der Waals surface area contributed by atoms with Crippen LogP contribution in [0.15, 0.2) is 66.7 Å². The van der Waals surface area contributed by atoms with Crippen molar-refractivity contribution < 1.29 is 77.1 Å². The number of benzene rings is 2. The maximum atomic E-state index is 2.28. The molecule has 0 aliphatic carbocycles. The van der Waals surface area contributed by atoms with Crippen LogP contribution in [-0.2, 0) is 32.6 Å². The van der Waals surface area contributed by atoms with Crippen molar-refractivity contribution in [1.29, 1.82) is 0 Å². The molecule has 0 atom stereocenters. The van der Waals surface area contributed by atoms with Gasteiger partial charge in [-0.15, -0.1) is 40.6 Å². The third-order valence-corrected chi connectivity index (χ3v) is 2.93. The quantitative estimate of drug-likeness (QED) is 0.289. The third kappa shape index (κ3) is 5.63. The van der Waals surface area contributed by atoms with E-state index in [4.69, 9.17) is 0 Å². The largest absolute Gasteiger partial charge is 4.00 e. The van der Waals surface area contributed by atoms with Gasteiger partial charge < -0.3 is 50.9 Å². The summed E-state index contributed by atoms with van der Waals surface area (Å²) < 4.78 is 0.